The van der Waals surface area contributed by atoms with Gasteiger partial charge in [-0.15, -0.1) is 0 Å². The van der Waals surface area contributed by atoms with E-state index < -0.39 is 5.82 Å². The number of benzene rings is 1. The number of halogens is 2. The first kappa shape index (κ1) is 16.3. The molecule has 4 fully saturated rings. The van der Waals surface area contributed by atoms with Gasteiger partial charge >= 0.3 is 0 Å². The highest BCUT2D eigenvalue weighted by Gasteiger charge is 2.56. The van der Waals surface area contributed by atoms with Crippen molar-refractivity contribution in [1.82, 2.24) is 0 Å². The van der Waals surface area contributed by atoms with Gasteiger partial charge in [-0.05, 0) is 62.8 Å². The second-order valence-corrected chi connectivity index (χ2v) is 8.17. The molecule has 5 heteroatoms. The topological polar surface area (TPSA) is 35.5 Å². The molecule has 4 aliphatic rings. The maximum atomic E-state index is 14.1. The second-order valence-electron chi connectivity index (χ2n) is 7.76. The van der Waals surface area contributed by atoms with Crippen LogP contribution in [0.2, 0.25) is 5.02 Å². The van der Waals surface area contributed by atoms with Crippen LogP contribution < -0.4 is 4.74 Å². The Morgan fingerprint density at radius 2 is 1.92 bits per heavy atom. The van der Waals surface area contributed by atoms with Crippen molar-refractivity contribution in [1.29, 1.82) is 0 Å². The minimum Gasteiger partial charge on any atom is -0.488 e. The fourth-order valence-corrected chi connectivity index (χ4v) is 5.59. The summed E-state index contributed by atoms with van der Waals surface area (Å²) in [5.41, 5.74) is 0.0277. The van der Waals surface area contributed by atoms with Crippen LogP contribution in [0.15, 0.2) is 12.1 Å². The highest BCUT2D eigenvalue weighted by Crippen LogP contribution is 2.58. The molecular formula is C19H22ClFO3. The van der Waals surface area contributed by atoms with Gasteiger partial charge in [-0.2, -0.15) is 0 Å². The van der Waals surface area contributed by atoms with E-state index in [0.29, 0.717) is 22.6 Å². The van der Waals surface area contributed by atoms with Crippen LogP contribution in [0.1, 0.15) is 49.4 Å². The summed E-state index contributed by atoms with van der Waals surface area (Å²) in [6.07, 6.45) is 5.53. The molecule has 24 heavy (non-hydrogen) atoms. The van der Waals surface area contributed by atoms with E-state index in [-0.39, 0.29) is 23.1 Å². The predicted octanol–water partition coefficient (Wildman–Crippen LogP) is 4.65. The highest BCUT2D eigenvalue weighted by atomic mass is 35.5. The Morgan fingerprint density at radius 1 is 1.25 bits per heavy atom. The first-order valence-electron chi connectivity index (χ1n) is 8.62. The van der Waals surface area contributed by atoms with E-state index in [4.69, 9.17) is 21.1 Å². The van der Waals surface area contributed by atoms with E-state index in [1.54, 1.807) is 0 Å². The third-order valence-electron chi connectivity index (χ3n) is 6.23. The molecule has 0 spiro atoms. The minimum atomic E-state index is -0.570. The third kappa shape index (κ3) is 2.55. The standard InChI is InChI=1S/C19H22ClFO3/c1-10(22)14-5-15(20)17(6-16(14)21)24-18-12-3-11-4-13(18)9-19(7-11,8-12)23-2/h5-6,11-13,18H,3-4,7-9H2,1-2H3. The lowest BCUT2D eigenvalue weighted by Crippen LogP contribution is -2.59. The molecule has 0 aromatic heterocycles. The van der Waals surface area contributed by atoms with Crippen molar-refractivity contribution in [3.63, 3.8) is 0 Å². The van der Waals surface area contributed by atoms with Gasteiger partial charge in [-0.25, -0.2) is 4.39 Å². The summed E-state index contributed by atoms with van der Waals surface area (Å²) in [6, 6.07) is 2.64. The number of carbonyl (C=O) groups is 1. The zero-order valence-corrected chi connectivity index (χ0v) is 14.7. The van der Waals surface area contributed by atoms with Gasteiger partial charge in [-0.3, -0.25) is 4.79 Å². The van der Waals surface area contributed by atoms with Crippen LogP contribution in [-0.4, -0.2) is 24.6 Å². The summed E-state index contributed by atoms with van der Waals surface area (Å²) in [6.45, 7) is 1.33. The molecule has 3 nitrogen and oxygen atoms in total. The SMILES string of the molecule is COC12CC3CC(C1)C(Oc1cc(F)c(C(C)=O)cc1Cl)C(C3)C2. The van der Waals surface area contributed by atoms with E-state index in [2.05, 4.69) is 0 Å². The Hall–Kier alpha value is -1.13. The van der Waals surface area contributed by atoms with Crippen LogP contribution in [0.5, 0.6) is 5.75 Å². The summed E-state index contributed by atoms with van der Waals surface area (Å²) in [5, 5.41) is 0.303. The van der Waals surface area contributed by atoms with E-state index in [1.165, 1.54) is 19.1 Å². The summed E-state index contributed by atoms with van der Waals surface area (Å²) in [5.74, 6) is 1.03. The average Bonchev–Trinajstić information content (AvgIpc) is 2.52. The molecule has 2 unspecified atom stereocenters. The average molecular weight is 353 g/mol. The Bertz CT molecular complexity index is 673. The molecular weight excluding hydrogens is 331 g/mol. The number of hydrogen-bond donors (Lipinski definition) is 0. The first-order chi connectivity index (χ1) is 11.4. The monoisotopic (exact) mass is 352 g/mol. The van der Waals surface area contributed by atoms with Gasteiger partial charge in [0.1, 0.15) is 17.7 Å². The van der Waals surface area contributed by atoms with Crippen LogP contribution in [0, 0.1) is 23.6 Å². The lowest BCUT2D eigenvalue weighted by atomic mass is 9.53. The molecule has 4 bridgehead atoms. The van der Waals surface area contributed by atoms with Gasteiger partial charge in [0.25, 0.3) is 0 Å². The predicted molar refractivity (Wildman–Crippen MR) is 89.1 cm³/mol. The van der Waals surface area contributed by atoms with Gasteiger partial charge in [0.2, 0.25) is 0 Å². The number of ketones is 1. The van der Waals surface area contributed by atoms with Crippen molar-refractivity contribution < 1.29 is 18.7 Å². The van der Waals surface area contributed by atoms with Crippen molar-refractivity contribution in [3.8, 4) is 5.75 Å². The number of ether oxygens (including phenoxy) is 2. The summed E-state index contributed by atoms with van der Waals surface area (Å²) in [4.78, 5) is 11.4. The molecule has 4 aliphatic carbocycles. The molecule has 0 amide bonds. The van der Waals surface area contributed by atoms with E-state index in [1.807, 2.05) is 7.11 Å². The number of carbonyl (C=O) groups excluding carboxylic acids is 1. The van der Waals surface area contributed by atoms with Crippen molar-refractivity contribution in [2.75, 3.05) is 7.11 Å². The molecule has 0 N–H and O–H groups in total. The van der Waals surface area contributed by atoms with Gasteiger partial charge in [-0.1, -0.05) is 11.6 Å². The maximum absolute atomic E-state index is 14.1. The second kappa shape index (κ2) is 5.70. The van der Waals surface area contributed by atoms with Crippen molar-refractivity contribution in [2.45, 2.75) is 50.7 Å². The lowest BCUT2D eigenvalue weighted by molar-refractivity contribution is -0.182. The van der Waals surface area contributed by atoms with E-state index >= 15 is 0 Å². The number of hydrogen-bond acceptors (Lipinski definition) is 3. The normalized spacial score (nSPS) is 36.8. The number of methoxy groups -OCH3 is 1. The van der Waals surface area contributed by atoms with Gasteiger partial charge in [0, 0.05) is 13.2 Å². The summed E-state index contributed by atoms with van der Waals surface area (Å²) < 4.78 is 26.2. The maximum Gasteiger partial charge on any atom is 0.162 e. The Kier molecular flexibility index (Phi) is 3.88. The van der Waals surface area contributed by atoms with Crippen LogP contribution >= 0.6 is 11.6 Å². The van der Waals surface area contributed by atoms with Gasteiger partial charge in [0.05, 0.1) is 16.2 Å². The summed E-state index contributed by atoms with van der Waals surface area (Å²) >= 11 is 6.24. The molecule has 1 aromatic rings. The molecule has 0 aliphatic heterocycles. The van der Waals surface area contributed by atoms with Crippen LogP contribution in [0.4, 0.5) is 4.39 Å². The van der Waals surface area contributed by atoms with E-state index in [0.717, 1.165) is 38.0 Å². The first-order valence-corrected chi connectivity index (χ1v) is 9.00. The smallest absolute Gasteiger partial charge is 0.162 e. The molecule has 0 saturated heterocycles. The Morgan fingerprint density at radius 3 is 2.50 bits per heavy atom. The van der Waals surface area contributed by atoms with Crippen molar-refractivity contribution in [2.24, 2.45) is 17.8 Å². The minimum absolute atomic E-state index is 0.00997. The van der Waals surface area contributed by atoms with E-state index in [9.17, 15) is 9.18 Å². The zero-order valence-electron chi connectivity index (χ0n) is 14.0. The Labute approximate surface area is 146 Å². The molecule has 4 saturated carbocycles. The molecule has 0 heterocycles. The number of Topliss-reactive ketones (excluding diaryl/α,β-unsaturated/α-hetero) is 1. The molecule has 2 atom stereocenters. The number of rotatable bonds is 4. The van der Waals surface area contributed by atoms with Gasteiger partial charge < -0.3 is 9.47 Å². The largest absolute Gasteiger partial charge is 0.488 e. The molecule has 1 aromatic carbocycles. The molecule has 130 valence electrons. The third-order valence-corrected chi connectivity index (χ3v) is 6.52. The molecule has 0 radical (unpaired) electrons. The van der Waals surface area contributed by atoms with Crippen LogP contribution in [-0.2, 0) is 4.74 Å². The van der Waals surface area contributed by atoms with Crippen LogP contribution in [0.25, 0.3) is 0 Å². The highest BCUT2D eigenvalue weighted by molar-refractivity contribution is 6.32. The quantitative estimate of drug-likeness (QED) is 0.740. The summed E-state index contributed by atoms with van der Waals surface area (Å²) in [7, 11) is 1.82. The van der Waals surface area contributed by atoms with Gasteiger partial charge in [0.15, 0.2) is 5.78 Å². The Balaban J connectivity index is 1.59. The van der Waals surface area contributed by atoms with Crippen molar-refractivity contribution in [3.05, 3.63) is 28.5 Å². The van der Waals surface area contributed by atoms with Crippen molar-refractivity contribution >= 4 is 17.4 Å². The molecule has 5 rings (SSSR count). The zero-order chi connectivity index (χ0) is 17.1. The lowest BCUT2D eigenvalue weighted by Gasteiger charge is -2.58. The fraction of sp³-hybridized carbons (Fsp3) is 0.632. The van der Waals surface area contributed by atoms with Crippen LogP contribution in [0.3, 0.4) is 0 Å². The fourth-order valence-electron chi connectivity index (χ4n) is 5.38.